The Bertz CT molecular complexity index is 448. The number of hydrogen-bond donors (Lipinski definition) is 2. The van der Waals surface area contributed by atoms with Crippen molar-refractivity contribution in [2.24, 2.45) is 0 Å². The molecule has 1 aromatic rings. The first kappa shape index (κ1) is 15.1. The molecule has 1 unspecified atom stereocenters. The lowest BCUT2D eigenvalue weighted by Gasteiger charge is -2.28. The standard InChI is InChI=1S/C11H14BrNO4S/c1-11(6-17-2,4-9(14)15)13-10(16)8-3-7(12)5-18-8/h3,5H,4,6H2,1-2H3,(H,13,16)(H,14,15). The Balaban J connectivity index is 2.77. The summed E-state index contributed by atoms with van der Waals surface area (Å²) in [5, 5.41) is 13.3. The second-order valence-corrected chi connectivity index (χ2v) is 5.97. The van der Waals surface area contributed by atoms with Crippen LogP contribution in [0, 0.1) is 0 Å². The van der Waals surface area contributed by atoms with E-state index in [1.165, 1.54) is 18.4 Å². The third kappa shape index (κ3) is 4.40. The minimum atomic E-state index is -0.984. The van der Waals surface area contributed by atoms with Crippen LogP contribution in [-0.4, -0.2) is 36.2 Å². The largest absolute Gasteiger partial charge is 0.481 e. The summed E-state index contributed by atoms with van der Waals surface area (Å²) in [7, 11) is 1.47. The number of carbonyl (C=O) groups excluding carboxylic acids is 1. The number of thiophene rings is 1. The lowest BCUT2D eigenvalue weighted by Crippen LogP contribution is -2.50. The van der Waals surface area contributed by atoms with Crippen LogP contribution in [-0.2, 0) is 9.53 Å². The fraction of sp³-hybridized carbons (Fsp3) is 0.455. The molecular weight excluding hydrogens is 322 g/mol. The van der Waals surface area contributed by atoms with Gasteiger partial charge in [-0.15, -0.1) is 11.3 Å². The maximum absolute atomic E-state index is 12.0. The summed E-state index contributed by atoms with van der Waals surface area (Å²) in [5.74, 6) is -1.28. The Morgan fingerprint density at radius 1 is 1.61 bits per heavy atom. The van der Waals surface area contributed by atoms with Crippen molar-refractivity contribution < 1.29 is 19.4 Å². The van der Waals surface area contributed by atoms with Crippen LogP contribution in [0.25, 0.3) is 0 Å². The van der Waals surface area contributed by atoms with Gasteiger partial charge in [-0.3, -0.25) is 9.59 Å². The number of hydrogen-bond acceptors (Lipinski definition) is 4. The van der Waals surface area contributed by atoms with Gasteiger partial charge < -0.3 is 15.2 Å². The highest BCUT2D eigenvalue weighted by atomic mass is 79.9. The molecule has 100 valence electrons. The molecule has 0 aliphatic rings. The molecule has 0 aromatic carbocycles. The third-order valence-electron chi connectivity index (χ3n) is 2.21. The van der Waals surface area contributed by atoms with Crippen molar-refractivity contribution >= 4 is 39.1 Å². The molecule has 0 saturated heterocycles. The van der Waals surface area contributed by atoms with Crippen LogP contribution in [0.2, 0.25) is 0 Å². The molecular formula is C11H14BrNO4S. The molecule has 0 radical (unpaired) electrons. The zero-order chi connectivity index (χ0) is 13.8. The SMILES string of the molecule is COCC(C)(CC(=O)O)NC(=O)c1cc(Br)cs1. The van der Waals surface area contributed by atoms with Gasteiger partial charge in [0.05, 0.1) is 23.4 Å². The third-order valence-corrected chi connectivity index (χ3v) is 3.90. The van der Waals surface area contributed by atoms with E-state index in [4.69, 9.17) is 9.84 Å². The van der Waals surface area contributed by atoms with Crippen molar-refractivity contribution in [1.29, 1.82) is 0 Å². The van der Waals surface area contributed by atoms with Gasteiger partial charge in [-0.2, -0.15) is 0 Å². The summed E-state index contributed by atoms with van der Waals surface area (Å²) in [5.41, 5.74) is -0.922. The molecule has 0 bridgehead atoms. The van der Waals surface area contributed by atoms with E-state index in [-0.39, 0.29) is 18.9 Å². The minimum Gasteiger partial charge on any atom is -0.481 e. The van der Waals surface area contributed by atoms with Gasteiger partial charge in [0.15, 0.2) is 0 Å². The molecule has 7 heteroatoms. The average molecular weight is 336 g/mol. The fourth-order valence-electron chi connectivity index (χ4n) is 1.55. The second-order valence-electron chi connectivity index (χ2n) is 4.15. The zero-order valence-electron chi connectivity index (χ0n) is 10.0. The number of rotatable bonds is 6. The minimum absolute atomic E-state index is 0.136. The fourth-order valence-corrected chi connectivity index (χ4v) is 2.87. The Morgan fingerprint density at radius 2 is 2.28 bits per heavy atom. The number of carboxylic acids is 1. The number of nitrogens with one attached hydrogen (secondary N) is 1. The van der Waals surface area contributed by atoms with E-state index in [0.29, 0.717) is 4.88 Å². The van der Waals surface area contributed by atoms with Crippen LogP contribution in [0.5, 0.6) is 0 Å². The predicted octanol–water partition coefficient (Wildman–Crippen LogP) is 2.12. The highest BCUT2D eigenvalue weighted by molar-refractivity contribution is 9.10. The van der Waals surface area contributed by atoms with Gasteiger partial charge in [0.2, 0.25) is 0 Å². The smallest absolute Gasteiger partial charge is 0.305 e. The number of methoxy groups -OCH3 is 1. The highest BCUT2D eigenvalue weighted by Gasteiger charge is 2.30. The molecule has 1 aromatic heterocycles. The topological polar surface area (TPSA) is 75.6 Å². The molecule has 18 heavy (non-hydrogen) atoms. The summed E-state index contributed by atoms with van der Waals surface area (Å²) in [6.07, 6.45) is -0.195. The van der Waals surface area contributed by atoms with Crippen LogP contribution in [0.1, 0.15) is 23.0 Å². The molecule has 0 saturated carbocycles. The number of carboxylic acid groups (broad SMARTS) is 1. The molecule has 1 atom stereocenters. The quantitative estimate of drug-likeness (QED) is 0.834. The molecule has 5 nitrogen and oxygen atoms in total. The summed E-state index contributed by atoms with van der Waals surface area (Å²) < 4.78 is 5.79. The van der Waals surface area contributed by atoms with E-state index in [0.717, 1.165) is 4.47 Å². The summed E-state index contributed by atoms with van der Waals surface area (Å²) in [6, 6.07) is 1.69. The van der Waals surface area contributed by atoms with Crippen molar-refractivity contribution in [2.75, 3.05) is 13.7 Å². The van der Waals surface area contributed by atoms with Crippen LogP contribution >= 0.6 is 27.3 Å². The van der Waals surface area contributed by atoms with E-state index >= 15 is 0 Å². The second kappa shape index (κ2) is 6.31. The summed E-state index contributed by atoms with van der Waals surface area (Å²) in [4.78, 5) is 23.3. The first-order valence-electron chi connectivity index (χ1n) is 5.13. The van der Waals surface area contributed by atoms with Gasteiger partial charge in [-0.25, -0.2) is 0 Å². The van der Waals surface area contributed by atoms with Gasteiger partial charge in [-0.05, 0) is 28.9 Å². The maximum Gasteiger partial charge on any atom is 0.305 e. The Morgan fingerprint density at radius 3 is 2.72 bits per heavy atom. The molecule has 1 rings (SSSR count). The maximum atomic E-state index is 12.0. The summed E-state index contributed by atoms with van der Waals surface area (Å²) in [6.45, 7) is 1.78. The van der Waals surface area contributed by atoms with Crippen molar-refractivity contribution in [1.82, 2.24) is 5.32 Å². The monoisotopic (exact) mass is 335 g/mol. The van der Waals surface area contributed by atoms with E-state index in [1.807, 2.05) is 0 Å². The van der Waals surface area contributed by atoms with Crippen molar-refractivity contribution in [3.63, 3.8) is 0 Å². The van der Waals surface area contributed by atoms with Crippen LogP contribution in [0.15, 0.2) is 15.9 Å². The van der Waals surface area contributed by atoms with E-state index < -0.39 is 11.5 Å². The number of carbonyl (C=O) groups is 2. The predicted molar refractivity (Wildman–Crippen MR) is 72.0 cm³/mol. The molecule has 0 aliphatic carbocycles. The van der Waals surface area contributed by atoms with E-state index in [2.05, 4.69) is 21.2 Å². The molecule has 2 N–H and O–H groups in total. The van der Waals surface area contributed by atoms with E-state index in [9.17, 15) is 9.59 Å². The molecule has 1 heterocycles. The first-order chi connectivity index (χ1) is 8.36. The molecule has 0 spiro atoms. The number of halogens is 1. The Kier molecular flexibility index (Phi) is 5.30. The number of aliphatic carboxylic acids is 1. The normalized spacial score (nSPS) is 13.9. The van der Waals surface area contributed by atoms with Crippen molar-refractivity contribution in [3.05, 3.63) is 20.8 Å². The molecule has 0 fully saturated rings. The van der Waals surface area contributed by atoms with Crippen molar-refractivity contribution in [3.8, 4) is 0 Å². The summed E-state index contributed by atoms with van der Waals surface area (Å²) >= 11 is 4.55. The number of ether oxygens (including phenoxy) is 1. The molecule has 1 amide bonds. The lowest BCUT2D eigenvalue weighted by molar-refractivity contribution is -0.139. The zero-order valence-corrected chi connectivity index (χ0v) is 12.4. The van der Waals surface area contributed by atoms with Crippen LogP contribution < -0.4 is 5.32 Å². The van der Waals surface area contributed by atoms with Crippen LogP contribution in [0.4, 0.5) is 0 Å². The van der Waals surface area contributed by atoms with Gasteiger partial charge in [0, 0.05) is 17.0 Å². The number of amides is 1. The lowest BCUT2D eigenvalue weighted by atomic mass is 9.99. The van der Waals surface area contributed by atoms with Gasteiger partial charge in [0.25, 0.3) is 5.91 Å². The average Bonchev–Trinajstić information content (AvgIpc) is 2.63. The van der Waals surface area contributed by atoms with Crippen LogP contribution in [0.3, 0.4) is 0 Å². The Labute approximate surface area is 117 Å². The Hall–Kier alpha value is -0.920. The van der Waals surface area contributed by atoms with Gasteiger partial charge in [0.1, 0.15) is 0 Å². The van der Waals surface area contributed by atoms with E-state index in [1.54, 1.807) is 18.4 Å². The van der Waals surface area contributed by atoms with Crippen molar-refractivity contribution in [2.45, 2.75) is 18.9 Å². The van der Waals surface area contributed by atoms with Gasteiger partial charge >= 0.3 is 5.97 Å². The van der Waals surface area contributed by atoms with Gasteiger partial charge in [-0.1, -0.05) is 0 Å². The molecule has 0 aliphatic heterocycles. The first-order valence-corrected chi connectivity index (χ1v) is 6.81. The highest BCUT2D eigenvalue weighted by Crippen LogP contribution is 2.21.